The first-order chi connectivity index (χ1) is 21.2. The summed E-state index contributed by atoms with van der Waals surface area (Å²) in [7, 11) is 2.96. The smallest absolute Gasteiger partial charge is 0.406 e. The SMILES string of the molecule is CNC(=O)c1ccc(OC)c(NCC#Cc2cc(C(=O)N[C@H]3CCN(CC(F)(F)F)C[C@@H]3C)c3ncn(CC(F)(F)F)c3c2)c1. The number of methoxy groups -OCH3 is 1. The second-order valence-electron chi connectivity index (χ2n) is 10.7. The third-order valence-corrected chi connectivity index (χ3v) is 7.32. The van der Waals surface area contributed by atoms with Gasteiger partial charge in [-0.15, -0.1) is 0 Å². The zero-order valence-corrected chi connectivity index (χ0v) is 24.7. The van der Waals surface area contributed by atoms with Crippen LogP contribution in [0.5, 0.6) is 5.75 Å². The molecule has 2 heterocycles. The Hall–Kier alpha value is -4.45. The number of halogens is 6. The largest absolute Gasteiger partial charge is 0.495 e. The van der Waals surface area contributed by atoms with Gasteiger partial charge in [-0.2, -0.15) is 26.3 Å². The molecule has 2 amide bonds. The van der Waals surface area contributed by atoms with Crippen molar-refractivity contribution in [3.63, 3.8) is 0 Å². The number of piperidine rings is 1. The van der Waals surface area contributed by atoms with Gasteiger partial charge >= 0.3 is 12.4 Å². The number of aromatic nitrogens is 2. The molecular weight excluding hydrogens is 606 g/mol. The van der Waals surface area contributed by atoms with E-state index in [1.165, 1.54) is 31.2 Å². The van der Waals surface area contributed by atoms with Gasteiger partial charge in [-0.25, -0.2) is 4.98 Å². The molecule has 2 aromatic carbocycles. The maximum Gasteiger partial charge on any atom is 0.406 e. The molecule has 1 saturated heterocycles. The van der Waals surface area contributed by atoms with E-state index in [9.17, 15) is 35.9 Å². The van der Waals surface area contributed by atoms with Gasteiger partial charge in [0, 0.05) is 37.3 Å². The van der Waals surface area contributed by atoms with Crippen LogP contribution in [0.25, 0.3) is 11.0 Å². The Kier molecular flexibility index (Phi) is 10.2. The molecule has 2 atom stereocenters. The van der Waals surface area contributed by atoms with Gasteiger partial charge in [0.05, 0.1) is 43.3 Å². The number of ether oxygens (including phenoxy) is 1. The van der Waals surface area contributed by atoms with Crippen LogP contribution >= 0.6 is 0 Å². The number of alkyl halides is 6. The molecular formula is C30H32F6N6O3. The minimum Gasteiger partial charge on any atom is -0.495 e. The zero-order valence-electron chi connectivity index (χ0n) is 24.7. The molecule has 0 saturated carbocycles. The molecule has 15 heteroatoms. The van der Waals surface area contributed by atoms with E-state index in [0.29, 0.717) is 17.0 Å². The number of likely N-dealkylation sites (tertiary alicyclic amines) is 1. The molecule has 0 aliphatic carbocycles. The highest BCUT2D eigenvalue weighted by Gasteiger charge is 2.35. The Bertz CT molecular complexity index is 1610. The number of fused-ring (bicyclic) bond motifs is 1. The van der Waals surface area contributed by atoms with Crippen LogP contribution in [0.2, 0.25) is 0 Å². The fourth-order valence-electron chi connectivity index (χ4n) is 5.23. The van der Waals surface area contributed by atoms with Crippen molar-refractivity contribution < 1.29 is 40.7 Å². The predicted molar refractivity (Wildman–Crippen MR) is 155 cm³/mol. The first-order valence-corrected chi connectivity index (χ1v) is 14.0. The number of hydrogen-bond acceptors (Lipinski definition) is 6. The van der Waals surface area contributed by atoms with Crippen molar-refractivity contribution in [1.29, 1.82) is 0 Å². The topological polar surface area (TPSA) is 101 Å². The van der Waals surface area contributed by atoms with Crippen LogP contribution in [-0.2, 0) is 6.54 Å². The molecule has 242 valence electrons. The van der Waals surface area contributed by atoms with Gasteiger partial charge in [0.2, 0.25) is 0 Å². The summed E-state index contributed by atoms with van der Waals surface area (Å²) in [6.45, 7) is -0.343. The first-order valence-electron chi connectivity index (χ1n) is 14.0. The number of anilines is 1. The van der Waals surface area contributed by atoms with Gasteiger partial charge in [-0.1, -0.05) is 18.8 Å². The molecule has 9 nitrogen and oxygen atoms in total. The van der Waals surface area contributed by atoms with Crippen LogP contribution < -0.4 is 20.7 Å². The highest BCUT2D eigenvalue weighted by atomic mass is 19.4. The molecule has 0 bridgehead atoms. The maximum atomic E-state index is 13.4. The average molecular weight is 639 g/mol. The number of hydrogen-bond donors (Lipinski definition) is 3. The van der Waals surface area contributed by atoms with Crippen LogP contribution in [0.4, 0.5) is 32.0 Å². The molecule has 4 rings (SSSR count). The van der Waals surface area contributed by atoms with Crippen molar-refractivity contribution >= 4 is 28.5 Å². The monoisotopic (exact) mass is 638 g/mol. The van der Waals surface area contributed by atoms with Crippen molar-refractivity contribution in [3.05, 3.63) is 53.3 Å². The molecule has 1 aliphatic rings. The molecule has 3 aromatic rings. The second-order valence-corrected chi connectivity index (χ2v) is 10.7. The van der Waals surface area contributed by atoms with E-state index in [-0.39, 0.29) is 60.0 Å². The van der Waals surface area contributed by atoms with Crippen LogP contribution in [0, 0.1) is 17.8 Å². The van der Waals surface area contributed by atoms with Crippen molar-refractivity contribution in [2.45, 2.75) is 38.3 Å². The van der Waals surface area contributed by atoms with Gasteiger partial charge in [0.1, 0.15) is 17.8 Å². The lowest BCUT2D eigenvalue weighted by Gasteiger charge is -2.37. The summed E-state index contributed by atoms with van der Waals surface area (Å²) in [5, 5.41) is 8.41. The van der Waals surface area contributed by atoms with Crippen LogP contribution in [-0.4, -0.2) is 85.0 Å². The number of imidazole rings is 1. The summed E-state index contributed by atoms with van der Waals surface area (Å²) >= 11 is 0. The van der Waals surface area contributed by atoms with Gasteiger partial charge < -0.3 is 25.3 Å². The van der Waals surface area contributed by atoms with Gasteiger partial charge in [-0.3, -0.25) is 14.5 Å². The highest BCUT2D eigenvalue weighted by Crippen LogP contribution is 2.27. The predicted octanol–water partition coefficient (Wildman–Crippen LogP) is 4.43. The van der Waals surface area contributed by atoms with Crippen molar-refractivity contribution in [1.82, 2.24) is 25.1 Å². The molecule has 1 fully saturated rings. The number of benzene rings is 2. The van der Waals surface area contributed by atoms with E-state index in [0.717, 1.165) is 10.9 Å². The molecule has 0 spiro atoms. The van der Waals surface area contributed by atoms with E-state index >= 15 is 0 Å². The molecule has 1 aliphatic heterocycles. The molecule has 1 aromatic heterocycles. The zero-order chi connectivity index (χ0) is 32.9. The van der Waals surface area contributed by atoms with E-state index in [1.54, 1.807) is 25.1 Å². The standard InChI is InChI=1S/C30H32F6N6O3/c1-18-14-41(15-29(31,32)33)10-8-22(18)40-28(44)21-11-19(12-24-26(21)39-17-42(24)16-30(34,35)36)5-4-9-38-23-13-20(27(43)37-2)6-7-25(23)45-3/h6-7,11-13,17-18,22,38H,8-10,14-16H2,1-3H3,(H,37,43)(H,40,44)/t18-,22-/m0/s1. The number of amides is 2. The quantitative estimate of drug-likeness (QED) is 0.250. The highest BCUT2D eigenvalue weighted by molar-refractivity contribution is 6.05. The number of nitrogens with zero attached hydrogens (tertiary/aromatic N) is 3. The fraction of sp³-hybridized carbons (Fsp3) is 0.433. The van der Waals surface area contributed by atoms with Crippen LogP contribution in [0.15, 0.2) is 36.7 Å². The normalized spacial score (nSPS) is 17.4. The Morgan fingerprint density at radius 3 is 2.44 bits per heavy atom. The summed E-state index contributed by atoms with van der Waals surface area (Å²) in [5.74, 6) is 4.96. The average Bonchev–Trinajstić information content (AvgIpc) is 3.35. The summed E-state index contributed by atoms with van der Waals surface area (Å²) < 4.78 is 84.6. The Morgan fingerprint density at radius 2 is 1.80 bits per heavy atom. The van der Waals surface area contributed by atoms with Crippen molar-refractivity contribution in [2.75, 3.05) is 45.7 Å². The number of carbonyl (C=O) groups is 2. The van der Waals surface area contributed by atoms with Crippen molar-refractivity contribution in [2.24, 2.45) is 5.92 Å². The third kappa shape index (κ3) is 8.81. The van der Waals surface area contributed by atoms with E-state index in [2.05, 4.69) is 32.8 Å². The molecule has 45 heavy (non-hydrogen) atoms. The number of nitrogens with one attached hydrogen (secondary N) is 3. The van der Waals surface area contributed by atoms with E-state index in [4.69, 9.17) is 4.74 Å². The molecule has 0 radical (unpaired) electrons. The Balaban J connectivity index is 1.58. The van der Waals surface area contributed by atoms with Crippen LogP contribution in [0.1, 0.15) is 39.6 Å². The van der Waals surface area contributed by atoms with Crippen LogP contribution in [0.3, 0.4) is 0 Å². The fourth-order valence-corrected chi connectivity index (χ4v) is 5.23. The van der Waals surface area contributed by atoms with Gasteiger partial charge in [-0.05, 0) is 42.7 Å². The van der Waals surface area contributed by atoms with Gasteiger partial charge in [0.25, 0.3) is 11.8 Å². The molecule has 0 unspecified atom stereocenters. The molecule has 3 N–H and O–H groups in total. The van der Waals surface area contributed by atoms with E-state index < -0.39 is 37.4 Å². The minimum absolute atomic E-state index is 0.00412. The lowest BCUT2D eigenvalue weighted by atomic mass is 9.93. The summed E-state index contributed by atoms with van der Waals surface area (Å²) in [6.07, 6.45) is -7.62. The van der Waals surface area contributed by atoms with E-state index in [1.807, 2.05) is 0 Å². The third-order valence-electron chi connectivity index (χ3n) is 7.32. The number of carbonyl (C=O) groups excluding carboxylic acids is 2. The lowest BCUT2D eigenvalue weighted by Crippen LogP contribution is -2.51. The summed E-state index contributed by atoms with van der Waals surface area (Å²) in [5.41, 5.74) is 1.20. The summed E-state index contributed by atoms with van der Waals surface area (Å²) in [6, 6.07) is 7.16. The number of rotatable bonds is 8. The minimum atomic E-state index is -4.55. The second kappa shape index (κ2) is 13.7. The lowest BCUT2D eigenvalue weighted by molar-refractivity contribution is -0.149. The van der Waals surface area contributed by atoms with Gasteiger partial charge in [0.15, 0.2) is 0 Å². The van der Waals surface area contributed by atoms with Crippen molar-refractivity contribution in [3.8, 4) is 17.6 Å². The maximum absolute atomic E-state index is 13.4. The first kappa shape index (κ1) is 33.4. The Labute approximate surface area is 255 Å². The Morgan fingerprint density at radius 1 is 1.07 bits per heavy atom. The summed E-state index contributed by atoms with van der Waals surface area (Å²) in [4.78, 5) is 30.8.